The number of rotatable bonds is 10. The van der Waals surface area contributed by atoms with E-state index in [0.29, 0.717) is 67.4 Å². The number of fused-ring (bicyclic) bond motifs is 5. The van der Waals surface area contributed by atoms with E-state index < -0.39 is 11.7 Å². The monoisotopic (exact) mass is 551 g/mol. The van der Waals surface area contributed by atoms with Crippen LogP contribution in [0, 0.1) is 0 Å². The second-order valence-corrected chi connectivity index (χ2v) is 10.8. The molecule has 212 valence electrons. The quantitative estimate of drug-likeness (QED) is 0.269. The second kappa shape index (κ2) is 10.8. The lowest BCUT2D eigenvalue weighted by Crippen LogP contribution is -2.65. The van der Waals surface area contributed by atoms with Gasteiger partial charge in [-0.05, 0) is 43.9 Å². The molecule has 2 bridgehead atoms. The van der Waals surface area contributed by atoms with E-state index in [1.807, 2.05) is 12.1 Å². The Labute approximate surface area is 230 Å². The molecule has 6 heterocycles. The number of carbonyl (C=O) groups excluding carboxylic acids is 1. The largest absolute Gasteiger partial charge is 0.492 e. The lowest BCUT2D eigenvalue weighted by molar-refractivity contribution is -0.211. The summed E-state index contributed by atoms with van der Waals surface area (Å²) in [5.74, 6) is 1.27. The summed E-state index contributed by atoms with van der Waals surface area (Å²) in [6.45, 7) is 1.37. The van der Waals surface area contributed by atoms with E-state index >= 15 is 0 Å². The second-order valence-electron chi connectivity index (χ2n) is 10.8. The highest BCUT2D eigenvalue weighted by atomic mass is 16.5. The van der Waals surface area contributed by atoms with Crippen molar-refractivity contribution < 1.29 is 29.2 Å². The molecule has 4 aliphatic rings. The van der Waals surface area contributed by atoms with Crippen molar-refractivity contribution in [1.82, 2.24) is 19.9 Å². The first-order valence-corrected chi connectivity index (χ1v) is 13.6. The first-order valence-electron chi connectivity index (χ1n) is 13.6. The molecule has 3 aromatic rings. The van der Waals surface area contributed by atoms with Crippen LogP contribution in [0.15, 0.2) is 41.3 Å². The van der Waals surface area contributed by atoms with Gasteiger partial charge in [0.05, 0.1) is 48.3 Å². The van der Waals surface area contributed by atoms with Crippen LogP contribution in [0.5, 0.6) is 11.5 Å². The molecule has 40 heavy (non-hydrogen) atoms. The number of carbonyl (C=O) groups is 1. The summed E-state index contributed by atoms with van der Waals surface area (Å²) in [5.41, 5.74) is 0.770. The van der Waals surface area contributed by atoms with Gasteiger partial charge in [-0.2, -0.15) is 0 Å². The number of anilines is 1. The van der Waals surface area contributed by atoms with E-state index in [0.717, 1.165) is 18.5 Å². The van der Waals surface area contributed by atoms with Gasteiger partial charge in [-0.1, -0.05) is 0 Å². The van der Waals surface area contributed by atoms with E-state index in [9.17, 15) is 14.7 Å². The number of pyridine rings is 3. The lowest BCUT2D eigenvalue weighted by Gasteiger charge is -2.55. The number of aromatic nitrogens is 3. The minimum absolute atomic E-state index is 0.00672. The third-order valence-electron chi connectivity index (χ3n) is 8.21. The van der Waals surface area contributed by atoms with Gasteiger partial charge in [-0.25, -0.2) is 4.98 Å². The van der Waals surface area contributed by atoms with Gasteiger partial charge < -0.3 is 39.6 Å². The van der Waals surface area contributed by atoms with Gasteiger partial charge in [0.25, 0.3) is 11.5 Å². The number of ether oxygens (including phenoxy) is 3. The number of nitrogens with zero attached hydrogens (tertiary/aromatic N) is 3. The fourth-order valence-electron chi connectivity index (χ4n) is 5.77. The molecule has 12 heteroatoms. The number of hydrogen-bond donors (Lipinski definition) is 4. The van der Waals surface area contributed by atoms with Gasteiger partial charge in [0.2, 0.25) is 0 Å². The van der Waals surface area contributed by atoms with Crippen LogP contribution in [-0.2, 0) is 22.6 Å². The maximum atomic E-state index is 12.9. The molecule has 2 saturated heterocycles. The predicted molar refractivity (Wildman–Crippen MR) is 144 cm³/mol. The summed E-state index contributed by atoms with van der Waals surface area (Å²) in [6, 6.07) is 8.54. The van der Waals surface area contributed by atoms with E-state index in [-0.39, 0.29) is 36.8 Å². The van der Waals surface area contributed by atoms with Crippen LogP contribution in [0.2, 0.25) is 0 Å². The Kier molecular flexibility index (Phi) is 7.17. The Hall–Kier alpha value is -3.58. The van der Waals surface area contributed by atoms with Crippen molar-refractivity contribution >= 4 is 22.8 Å². The number of hydrogen-bond acceptors (Lipinski definition) is 10. The van der Waals surface area contributed by atoms with E-state index in [2.05, 4.69) is 20.6 Å². The smallest absolute Gasteiger partial charge is 0.263 e. The highest BCUT2D eigenvalue weighted by Crippen LogP contribution is 2.46. The van der Waals surface area contributed by atoms with Gasteiger partial charge in [-0.3, -0.25) is 14.6 Å². The molecule has 3 aromatic heterocycles. The van der Waals surface area contributed by atoms with Gasteiger partial charge in [0, 0.05) is 37.2 Å². The summed E-state index contributed by atoms with van der Waals surface area (Å²) < 4.78 is 18.9. The topological polar surface area (TPSA) is 157 Å². The molecule has 7 rings (SSSR count). The maximum Gasteiger partial charge on any atom is 0.263 e. The normalized spacial score (nSPS) is 24.3. The zero-order chi connectivity index (χ0) is 27.7. The third kappa shape index (κ3) is 5.15. The minimum atomic E-state index is -0.890. The van der Waals surface area contributed by atoms with Crippen molar-refractivity contribution in [3.05, 3.63) is 52.6 Å². The molecule has 3 aliphatic heterocycles. The maximum absolute atomic E-state index is 12.9. The Morgan fingerprint density at radius 3 is 2.80 bits per heavy atom. The van der Waals surface area contributed by atoms with Gasteiger partial charge in [0.15, 0.2) is 18.2 Å². The van der Waals surface area contributed by atoms with E-state index in [1.54, 1.807) is 18.3 Å². The Morgan fingerprint density at radius 2 is 2.02 bits per heavy atom. The zero-order valence-electron chi connectivity index (χ0n) is 22.1. The Bertz CT molecular complexity index is 1450. The van der Waals surface area contributed by atoms with Crippen LogP contribution in [0.4, 0.5) is 5.82 Å². The van der Waals surface area contributed by atoms with Crippen LogP contribution in [0.1, 0.15) is 37.8 Å². The Morgan fingerprint density at radius 1 is 1.18 bits per heavy atom. The zero-order valence-corrected chi connectivity index (χ0v) is 22.1. The van der Waals surface area contributed by atoms with Crippen LogP contribution in [0.3, 0.4) is 0 Å². The molecule has 0 radical (unpaired) electrons. The molecule has 0 spiro atoms. The van der Waals surface area contributed by atoms with Crippen molar-refractivity contribution in [2.24, 2.45) is 0 Å². The van der Waals surface area contributed by atoms with Crippen molar-refractivity contribution in [1.29, 1.82) is 0 Å². The molecular weight excluding hydrogens is 518 g/mol. The number of aliphatic hydroxyl groups is 2. The van der Waals surface area contributed by atoms with Gasteiger partial charge >= 0.3 is 0 Å². The average molecular weight is 552 g/mol. The third-order valence-corrected chi connectivity index (χ3v) is 8.21. The molecule has 1 unspecified atom stereocenters. The molecule has 12 nitrogen and oxygen atoms in total. The van der Waals surface area contributed by atoms with Gasteiger partial charge in [0.1, 0.15) is 11.9 Å². The Balaban J connectivity index is 1.12. The van der Waals surface area contributed by atoms with Crippen LogP contribution in [0.25, 0.3) is 11.0 Å². The SMILES string of the molecule is O=C1COc2ccc(CNC34CCC(C(O)Cn5c(=O)ccc6ncc(OCCCO)cc65)(CC3)OC4)nc2N1. The predicted octanol–water partition coefficient (Wildman–Crippen LogP) is 1.12. The molecular formula is C28H33N5O7. The molecule has 4 N–H and O–H groups in total. The lowest BCUT2D eigenvalue weighted by atomic mass is 9.69. The minimum Gasteiger partial charge on any atom is -0.492 e. The number of amides is 1. The van der Waals surface area contributed by atoms with Crippen LogP contribution in [-0.4, -0.2) is 74.3 Å². The highest BCUT2D eigenvalue weighted by Gasteiger charge is 2.53. The summed E-state index contributed by atoms with van der Waals surface area (Å²) in [6.07, 6.45) is 4.11. The van der Waals surface area contributed by atoms with Gasteiger partial charge in [-0.15, -0.1) is 0 Å². The summed E-state index contributed by atoms with van der Waals surface area (Å²) >= 11 is 0. The summed E-state index contributed by atoms with van der Waals surface area (Å²) in [7, 11) is 0. The highest BCUT2D eigenvalue weighted by molar-refractivity contribution is 5.94. The molecule has 3 fully saturated rings. The molecule has 1 atom stereocenters. The van der Waals surface area contributed by atoms with E-state index in [4.69, 9.17) is 19.3 Å². The summed E-state index contributed by atoms with van der Waals surface area (Å²) in [4.78, 5) is 33.4. The van der Waals surface area contributed by atoms with Crippen molar-refractivity contribution in [2.45, 2.75) is 62.4 Å². The fourth-order valence-corrected chi connectivity index (χ4v) is 5.77. The van der Waals surface area contributed by atoms with E-state index in [1.165, 1.54) is 10.6 Å². The number of aliphatic hydroxyl groups excluding tert-OH is 2. The van der Waals surface area contributed by atoms with Crippen LogP contribution >= 0.6 is 0 Å². The first kappa shape index (κ1) is 26.6. The molecule has 0 aromatic carbocycles. The van der Waals surface area contributed by atoms with Crippen LogP contribution < -0.4 is 25.7 Å². The van der Waals surface area contributed by atoms with Crippen molar-refractivity contribution in [2.75, 3.05) is 31.7 Å². The number of nitrogens with one attached hydrogen (secondary N) is 2. The fraction of sp³-hybridized carbons (Fsp3) is 0.500. The standard InChI is InChI=1S/C28H33N5O7/c34-10-1-11-38-19-12-21-20(29-14-19)3-5-25(37)33(21)15-23(35)28-8-6-27(7-9-28,17-40-28)30-13-18-2-4-22-26(31-18)32-24(36)16-39-22/h2-5,12,14,23,30,34-35H,1,6-11,13,15-17H2,(H,31,32,36). The van der Waals surface area contributed by atoms with Crippen molar-refractivity contribution in [3.63, 3.8) is 0 Å². The molecule has 1 amide bonds. The molecule has 1 saturated carbocycles. The summed E-state index contributed by atoms with van der Waals surface area (Å²) in [5, 5.41) is 26.8. The average Bonchev–Trinajstić information content (AvgIpc) is 2.98. The molecule has 1 aliphatic carbocycles. The van der Waals surface area contributed by atoms with Crippen molar-refractivity contribution in [3.8, 4) is 11.5 Å². The first-order chi connectivity index (χ1) is 19.4.